The summed E-state index contributed by atoms with van der Waals surface area (Å²) in [5.74, 6) is 0.431. The Morgan fingerprint density at radius 2 is 2.17 bits per heavy atom. The van der Waals surface area contributed by atoms with E-state index < -0.39 is 13.0 Å². The molecule has 0 heterocycles. The molecule has 0 amide bonds. The van der Waals surface area contributed by atoms with Crippen molar-refractivity contribution in [3.05, 3.63) is 0 Å². The molecule has 4 heteroatoms. The molecule has 3 radical (unpaired) electrons. The predicted molar refractivity (Wildman–Crippen MR) is 43.6 cm³/mol. The zero-order valence-corrected chi connectivity index (χ0v) is 7.93. The minimum atomic E-state index is -2.33. The Morgan fingerprint density at radius 1 is 1.42 bits per heavy atom. The van der Waals surface area contributed by atoms with Crippen LogP contribution in [0.5, 0.6) is 0 Å². The number of hydrogen-bond donors (Lipinski definition) is 0. The van der Waals surface area contributed by atoms with Gasteiger partial charge < -0.3 is 4.74 Å². The van der Waals surface area contributed by atoms with Crippen molar-refractivity contribution in [1.82, 2.24) is 0 Å². The van der Waals surface area contributed by atoms with Gasteiger partial charge in [-0.05, 0) is 18.8 Å². The van der Waals surface area contributed by atoms with E-state index in [1.807, 2.05) is 0 Å². The van der Waals surface area contributed by atoms with E-state index in [-0.39, 0.29) is 6.10 Å². The van der Waals surface area contributed by atoms with E-state index in [0.29, 0.717) is 5.92 Å². The molecule has 1 aliphatic carbocycles. The van der Waals surface area contributed by atoms with Gasteiger partial charge in [-0.15, -0.1) is 0 Å². The van der Waals surface area contributed by atoms with E-state index >= 15 is 0 Å². The van der Waals surface area contributed by atoms with E-state index in [9.17, 15) is 8.78 Å². The second kappa shape index (κ2) is 4.92. The van der Waals surface area contributed by atoms with E-state index in [4.69, 9.17) is 4.74 Å². The van der Waals surface area contributed by atoms with Crippen LogP contribution < -0.4 is 0 Å². The molecular weight excluding hydrogens is 178 g/mol. The maximum Gasteiger partial charge on any atom is 0.261 e. The largest absolute Gasteiger partial charge is 0.372 e. The van der Waals surface area contributed by atoms with Gasteiger partial charge in [0, 0.05) is 10.2 Å². The topological polar surface area (TPSA) is 9.23 Å². The van der Waals surface area contributed by atoms with Gasteiger partial charge in [0.05, 0.1) is 6.10 Å². The molecule has 0 bridgehead atoms. The van der Waals surface area contributed by atoms with Crippen molar-refractivity contribution in [2.24, 2.45) is 5.92 Å². The number of ether oxygens (including phenoxy) is 1. The molecule has 0 N–H and O–H groups in total. The van der Waals surface area contributed by atoms with Crippen LogP contribution in [0.15, 0.2) is 0 Å². The summed E-state index contributed by atoms with van der Waals surface area (Å²) in [5.41, 5.74) is 0. The quantitative estimate of drug-likeness (QED) is 0.618. The van der Waals surface area contributed by atoms with Crippen molar-refractivity contribution in [3.8, 4) is 0 Å². The van der Waals surface area contributed by atoms with Crippen LogP contribution in [0, 0.1) is 5.92 Å². The van der Waals surface area contributed by atoms with Gasteiger partial charge in [0.1, 0.15) is 6.61 Å². The van der Waals surface area contributed by atoms with Gasteiger partial charge in [-0.25, -0.2) is 8.78 Å². The van der Waals surface area contributed by atoms with Crippen LogP contribution in [-0.2, 0) is 4.74 Å². The molecule has 0 aliphatic heterocycles. The monoisotopic (exact) mass is 191 g/mol. The Morgan fingerprint density at radius 3 is 2.75 bits per heavy atom. The molecule has 0 saturated heterocycles. The normalized spacial score (nSPS) is 30.0. The molecule has 0 aromatic heterocycles. The third-order valence-electron chi connectivity index (χ3n) is 2.29. The zero-order valence-electron chi connectivity index (χ0n) is 6.93. The molecule has 1 rings (SSSR count). The SMILES string of the molecule is FC(F)CO[C@@H]1CCC[C@@H]1C[Si]. The van der Waals surface area contributed by atoms with Crippen LogP contribution in [0.25, 0.3) is 0 Å². The van der Waals surface area contributed by atoms with Gasteiger partial charge >= 0.3 is 0 Å². The Balaban J connectivity index is 2.21. The highest BCUT2D eigenvalue weighted by Crippen LogP contribution is 2.30. The van der Waals surface area contributed by atoms with Crippen molar-refractivity contribution in [1.29, 1.82) is 0 Å². The standard InChI is InChI=1S/C8H13F2OSi/c9-8(10)4-11-7-3-1-2-6(7)5-12/h6-8H,1-5H2/t6-,7-/m1/s1. The number of halogens is 2. The first-order valence-corrected chi connectivity index (χ1v) is 4.99. The van der Waals surface area contributed by atoms with Crippen molar-refractivity contribution in [2.75, 3.05) is 6.61 Å². The minimum absolute atomic E-state index is 0.0523. The number of hydrogen-bond acceptors (Lipinski definition) is 1. The first-order chi connectivity index (χ1) is 5.74. The molecule has 0 aromatic rings. The lowest BCUT2D eigenvalue weighted by atomic mass is 10.1. The summed E-state index contributed by atoms with van der Waals surface area (Å²) in [6.45, 7) is -0.409. The van der Waals surface area contributed by atoms with Crippen molar-refractivity contribution in [3.63, 3.8) is 0 Å². The molecule has 0 spiro atoms. The van der Waals surface area contributed by atoms with Crippen LogP contribution in [-0.4, -0.2) is 29.4 Å². The van der Waals surface area contributed by atoms with Crippen LogP contribution in [0.1, 0.15) is 19.3 Å². The summed E-state index contributed by atoms with van der Waals surface area (Å²) < 4.78 is 28.7. The smallest absolute Gasteiger partial charge is 0.261 e. The second-order valence-electron chi connectivity index (χ2n) is 3.16. The van der Waals surface area contributed by atoms with Gasteiger partial charge in [-0.2, -0.15) is 0 Å². The highest BCUT2D eigenvalue weighted by atomic mass is 28.1. The zero-order chi connectivity index (χ0) is 8.97. The summed E-state index contributed by atoms with van der Waals surface area (Å²) in [4.78, 5) is 0. The fourth-order valence-corrected chi connectivity index (χ4v) is 2.12. The summed E-state index contributed by atoms with van der Waals surface area (Å²) in [5, 5.41) is 0. The predicted octanol–water partition coefficient (Wildman–Crippen LogP) is 2.02. The molecule has 12 heavy (non-hydrogen) atoms. The number of alkyl halides is 2. The Labute approximate surface area is 74.9 Å². The van der Waals surface area contributed by atoms with Gasteiger partial charge in [0.15, 0.2) is 0 Å². The van der Waals surface area contributed by atoms with Crippen molar-refractivity contribution >= 4 is 10.2 Å². The lowest BCUT2D eigenvalue weighted by Gasteiger charge is -2.18. The summed E-state index contributed by atoms with van der Waals surface area (Å²) in [6.07, 6.45) is 0.847. The molecular formula is C8H13F2OSi. The average Bonchev–Trinajstić information content (AvgIpc) is 2.47. The lowest BCUT2D eigenvalue weighted by molar-refractivity contribution is -0.0348. The van der Waals surface area contributed by atoms with Gasteiger partial charge in [0.2, 0.25) is 0 Å². The lowest BCUT2D eigenvalue weighted by Crippen LogP contribution is -2.21. The third kappa shape index (κ3) is 2.82. The third-order valence-corrected chi connectivity index (χ3v) is 2.81. The van der Waals surface area contributed by atoms with E-state index in [0.717, 1.165) is 25.3 Å². The summed E-state index contributed by atoms with van der Waals surface area (Å²) in [7, 11) is 3.40. The van der Waals surface area contributed by atoms with Crippen LogP contribution in [0.2, 0.25) is 6.04 Å². The summed E-state index contributed by atoms with van der Waals surface area (Å²) in [6, 6.07) is 0.855. The van der Waals surface area contributed by atoms with Crippen LogP contribution >= 0.6 is 0 Å². The highest BCUT2D eigenvalue weighted by molar-refractivity contribution is 6.08. The van der Waals surface area contributed by atoms with Crippen LogP contribution in [0.3, 0.4) is 0 Å². The molecule has 1 aliphatic rings. The summed E-state index contributed by atoms with van der Waals surface area (Å²) >= 11 is 0. The maximum atomic E-state index is 11.8. The molecule has 0 unspecified atom stereocenters. The first-order valence-electron chi connectivity index (χ1n) is 4.28. The Hall–Kier alpha value is 0.0369. The first kappa shape index (κ1) is 10.1. The highest BCUT2D eigenvalue weighted by Gasteiger charge is 2.26. The number of rotatable bonds is 4. The minimum Gasteiger partial charge on any atom is -0.372 e. The van der Waals surface area contributed by atoms with E-state index in [2.05, 4.69) is 10.2 Å². The molecule has 1 saturated carbocycles. The molecule has 0 aromatic carbocycles. The molecule has 2 atom stereocenters. The maximum absolute atomic E-state index is 11.8. The average molecular weight is 191 g/mol. The van der Waals surface area contributed by atoms with Crippen molar-refractivity contribution in [2.45, 2.75) is 37.8 Å². The van der Waals surface area contributed by atoms with Gasteiger partial charge in [-0.1, -0.05) is 12.5 Å². The Bertz CT molecular complexity index is 132. The Kier molecular flexibility index (Phi) is 4.15. The van der Waals surface area contributed by atoms with Crippen molar-refractivity contribution < 1.29 is 13.5 Å². The van der Waals surface area contributed by atoms with Gasteiger partial charge in [0.25, 0.3) is 6.43 Å². The fraction of sp³-hybridized carbons (Fsp3) is 1.00. The molecule has 69 valence electrons. The van der Waals surface area contributed by atoms with E-state index in [1.165, 1.54) is 0 Å². The van der Waals surface area contributed by atoms with Crippen LogP contribution in [0.4, 0.5) is 8.78 Å². The van der Waals surface area contributed by atoms with Gasteiger partial charge in [-0.3, -0.25) is 0 Å². The fourth-order valence-electron chi connectivity index (χ4n) is 1.65. The van der Waals surface area contributed by atoms with E-state index in [1.54, 1.807) is 0 Å². The molecule has 1 nitrogen and oxygen atoms in total. The molecule has 1 fully saturated rings. The second-order valence-corrected chi connectivity index (χ2v) is 3.57.